The summed E-state index contributed by atoms with van der Waals surface area (Å²) in [6, 6.07) is 0.313. The van der Waals surface area contributed by atoms with Crippen molar-refractivity contribution >= 4 is 0 Å². The van der Waals surface area contributed by atoms with Crippen LogP contribution >= 0.6 is 0 Å². The van der Waals surface area contributed by atoms with Crippen molar-refractivity contribution in [3.8, 4) is 0 Å². The van der Waals surface area contributed by atoms with E-state index < -0.39 is 0 Å². The monoisotopic (exact) mass is 254 g/mol. The van der Waals surface area contributed by atoms with Crippen molar-refractivity contribution in [1.82, 2.24) is 4.90 Å². The molecule has 108 valence electrons. The fourth-order valence-corrected chi connectivity index (χ4v) is 4.39. The second-order valence-electron chi connectivity index (χ2n) is 6.91. The van der Waals surface area contributed by atoms with Gasteiger partial charge in [-0.15, -0.1) is 0 Å². The highest BCUT2D eigenvalue weighted by molar-refractivity contribution is 5.00. The van der Waals surface area contributed by atoms with Gasteiger partial charge in [0.2, 0.25) is 0 Å². The van der Waals surface area contributed by atoms with Crippen molar-refractivity contribution in [2.45, 2.75) is 71.4 Å². The molecule has 0 aromatic carbocycles. The van der Waals surface area contributed by atoms with Gasteiger partial charge in [0.25, 0.3) is 0 Å². The van der Waals surface area contributed by atoms with Gasteiger partial charge in [-0.1, -0.05) is 27.7 Å². The topological polar surface area (TPSA) is 29.3 Å². The Kier molecular flexibility index (Phi) is 5.67. The average molecular weight is 254 g/mol. The minimum absolute atomic E-state index is 0.182. The first-order chi connectivity index (χ1) is 8.37. The van der Waals surface area contributed by atoms with E-state index in [-0.39, 0.29) is 5.54 Å². The van der Waals surface area contributed by atoms with Gasteiger partial charge in [0, 0.05) is 11.6 Å². The third-order valence-electron chi connectivity index (χ3n) is 5.46. The summed E-state index contributed by atoms with van der Waals surface area (Å²) in [5.74, 6) is 2.39. The highest BCUT2D eigenvalue weighted by Gasteiger charge is 2.41. The number of hydrogen-bond acceptors (Lipinski definition) is 2. The van der Waals surface area contributed by atoms with Gasteiger partial charge in [-0.3, -0.25) is 0 Å². The maximum atomic E-state index is 6.73. The number of nitrogens with two attached hydrogens (primary N) is 1. The molecule has 0 spiro atoms. The zero-order chi connectivity index (χ0) is 13.9. The number of nitrogens with zero attached hydrogens (tertiary/aromatic N) is 1. The molecular weight excluding hydrogens is 220 g/mol. The molecule has 1 saturated carbocycles. The molecule has 0 aliphatic heterocycles. The Balaban J connectivity index is 2.85. The van der Waals surface area contributed by atoms with E-state index in [9.17, 15) is 0 Å². The van der Waals surface area contributed by atoms with Crippen LogP contribution in [0.25, 0.3) is 0 Å². The summed E-state index contributed by atoms with van der Waals surface area (Å²) in [6.45, 7) is 9.37. The Morgan fingerprint density at radius 3 is 1.83 bits per heavy atom. The van der Waals surface area contributed by atoms with Gasteiger partial charge < -0.3 is 10.6 Å². The molecule has 0 amide bonds. The van der Waals surface area contributed by atoms with Crippen LogP contribution in [0, 0.1) is 17.8 Å². The summed E-state index contributed by atoms with van der Waals surface area (Å²) < 4.78 is 0. The van der Waals surface area contributed by atoms with Gasteiger partial charge in [0.05, 0.1) is 0 Å². The molecule has 1 fully saturated rings. The van der Waals surface area contributed by atoms with E-state index in [0.717, 1.165) is 24.7 Å². The average Bonchev–Trinajstić information content (AvgIpc) is 2.29. The van der Waals surface area contributed by atoms with Crippen LogP contribution in [0.2, 0.25) is 0 Å². The maximum Gasteiger partial charge on any atom is 0.0351 e. The lowest BCUT2D eigenvalue weighted by molar-refractivity contribution is 0.0523. The molecule has 1 aliphatic rings. The molecule has 18 heavy (non-hydrogen) atoms. The van der Waals surface area contributed by atoms with E-state index in [2.05, 4.69) is 46.7 Å². The van der Waals surface area contributed by atoms with Crippen molar-refractivity contribution in [3.05, 3.63) is 0 Å². The minimum Gasteiger partial charge on any atom is -0.326 e. The predicted octanol–water partition coefficient (Wildman–Crippen LogP) is 3.51. The zero-order valence-electron chi connectivity index (χ0n) is 13.4. The van der Waals surface area contributed by atoms with Crippen LogP contribution in [0.3, 0.4) is 0 Å². The van der Waals surface area contributed by atoms with E-state index in [1.165, 1.54) is 19.3 Å². The van der Waals surface area contributed by atoms with Crippen molar-refractivity contribution < 1.29 is 0 Å². The normalized spacial score (nSPS) is 31.7. The first kappa shape index (κ1) is 16.0. The number of rotatable bonds is 5. The molecule has 2 nitrogen and oxygen atoms in total. The third-order valence-corrected chi connectivity index (χ3v) is 5.46. The van der Waals surface area contributed by atoms with Gasteiger partial charge in [-0.2, -0.15) is 0 Å². The van der Waals surface area contributed by atoms with Crippen LogP contribution in [-0.4, -0.2) is 30.6 Å². The number of hydrogen-bond donors (Lipinski definition) is 1. The smallest absolute Gasteiger partial charge is 0.0351 e. The van der Waals surface area contributed by atoms with Crippen LogP contribution in [0.15, 0.2) is 0 Å². The Hall–Kier alpha value is -0.0800. The molecule has 1 aliphatic carbocycles. The Labute approximate surface area is 114 Å². The molecular formula is C16H34N2. The molecule has 0 aromatic heterocycles. The summed E-state index contributed by atoms with van der Waals surface area (Å²) in [7, 11) is 4.39. The van der Waals surface area contributed by atoms with Crippen molar-refractivity contribution in [3.63, 3.8) is 0 Å². The lowest BCUT2D eigenvalue weighted by atomic mass is 9.67. The molecule has 0 bridgehead atoms. The zero-order valence-corrected chi connectivity index (χ0v) is 13.4. The van der Waals surface area contributed by atoms with Crippen molar-refractivity contribution in [2.24, 2.45) is 23.5 Å². The lowest BCUT2D eigenvalue weighted by Gasteiger charge is -2.48. The quantitative estimate of drug-likeness (QED) is 0.813. The first-order valence-electron chi connectivity index (χ1n) is 7.80. The second-order valence-corrected chi connectivity index (χ2v) is 6.91. The van der Waals surface area contributed by atoms with Gasteiger partial charge >= 0.3 is 0 Å². The molecule has 0 aromatic rings. The second kappa shape index (κ2) is 6.38. The highest BCUT2D eigenvalue weighted by Crippen LogP contribution is 2.39. The summed E-state index contributed by atoms with van der Waals surface area (Å²) in [6.07, 6.45) is 6.33. The van der Waals surface area contributed by atoms with Crippen molar-refractivity contribution in [1.29, 1.82) is 0 Å². The van der Waals surface area contributed by atoms with Crippen LogP contribution in [0.1, 0.15) is 59.8 Å². The fraction of sp³-hybridized carbons (Fsp3) is 1.00. The number of likely N-dealkylation sites (N-methyl/N-ethyl adjacent to an activating group) is 1. The highest BCUT2D eigenvalue weighted by atomic mass is 15.2. The molecule has 1 rings (SSSR count). The lowest BCUT2D eigenvalue weighted by Crippen LogP contribution is -2.60. The maximum absolute atomic E-state index is 6.73. The van der Waals surface area contributed by atoms with E-state index in [4.69, 9.17) is 5.73 Å². The molecule has 3 atom stereocenters. The van der Waals surface area contributed by atoms with Gasteiger partial charge in [0.1, 0.15) is 0 Å². The van der Waals surface area contributed by atoms with Gasteiger partial charge in [-0.05, 0) is 64.0 Å². The third kappa shape index (κ3) is 3.08. The SMILES string of the molecule is CCC(CC)(C(N)C1CC(C)CC(C)C1)N(C)C. The largest absolute Gasteiger partial charge is 0.326 e. The molecule has 3 unspecified atom stereocenters. The summed E-state index contributed by atoms with van der Waals surface area (Å²) >= 11 is 0. The van der Waals surface area contributed by atoms with E-state index in [1.807, 2.05) is 0 Å². The van der Waals surface area contributed by atoms with E-state index in [1.54, 1.807) is 0 Å². The molecule has 0 heterocycles. The van der Waals surface area contributed by atoms with Crippen LogP contribution in [0.4, 0.5) is 0 Å². The summed E-state index contributed by atoms with van der Waals surface area (Å²) in [5, 5.41) is 0. The Bertz CT molecular complexity index is 235. The Morgan fingerprint density at radius 2 is 1.50 bits per heavy atom. The van der Waals surface area contributed by atoms with Crippen LogP contribution in [-0.2, 0) is 0 Å². The molecule has 0 radical (unpaired) electrons. The Morgan fingerprint density at radius 1 is 1.06 bits per heavy atom. The fourth-order valence-electron chi connectivity index (χ4n) is 4.39. The predicted molar refractivity (Wildman–Crippen MR) is 80.6 cm³/mol. The first-order valence-corrected chi connectivity index (χ1v) is 7.80. The van der Waals surface area contributed by atoms with Gasteiger partial charge in [-0.25, -0.2) is 0 Å². The van der Waals surface area contributed by atoms with Crippen LogP contribution in [0.5, 0.6) is 0 Å². The standard InChI is InChI=1S/C16H34N2/c1-7-16(8-2,18(5)6)15(17)14-10-12(3)9-13(4)11-14/h12-15H,7-11,17H2,1-6H3. The molecule has 0 saturated heterocycles. The molecule has 2 heteroatoms. The molecule has 2 N–H and O–H groups in total. The minimum atomic E-state index is 0.182. The summed E-state index contributed by atoms with van der Waals surface area (Å²) in [4.78, 5) is 2.38. The van der Waals surface area contributed by atoms with Gasteiger partial charge in [0.15, 0.2) is 0 Å². The van der Waals surface area contributed by atoms with Crippen molar-refractivity contribution in [2.75, 3.05) is 14.1 Å². The van der Waals surface area contributed by atoms with E-state index in [0.29, 0.717) is 12.0 Å². The van der Waals surface area contributed by atoms with E-state index >= 15 is 0 Å². The summed E-state index contributed by atoms with van der Waals surface area (Å²) in [5.41, 5.74) is 6.91. The van der Waals surface area contributed by atoms with Crippen LogP contribution < -0.4 is 5.73 Å².